The standard InChI is InChI=1S/C26H33N5O2/c1-18-8-10-20(11-9-18)28-25-27-13-12-23(29-25)24-17-30(16-22-7-4-14-33-22)26(32)31(24)21-6-3-5-19(2)15-21/h3,5-6,12-13,15,17-18,20,22H,4,7-11,14,16H2,1-2H3,(H,27,28,29)/t18-,20-,22?. The number of imidazole rings is 1. The molecule has 174 valence electrons. The van der Waals surface area contributed by atoms with Gasteiger partial charge in [-0.3, -0.25) is 9.13 Å². The first-order chi connectivity index (χ1) is 16.1. The van der Waals surface area contributed by atoms with Gasteiger partial charge in [-0.2, -0.15) is 0 Å². The molecule has 7 heteroatoms. The lowest BCUT2D eigenvalue weighted by atomic mass is 9.87. The summed E-state index contributed by atoms with van der Waals surface area (Å²) in [4.78, 5) is 22.8. The van der Waals surface area contributed by atoms with Gasteiger partial charge in [-0.05, 0) is 75.1 Å². The maximum Gasteiger partial charge on any atom is 0.333 e. The normalized spacial score (nSPS) is 23.0. The van der Waals surface area contributed by atoms with Crippen molar-refractivity contribution in [1.29, 1.82) is 0 Å². The number of hydrogen-bond donors (Lipinski definition) is 1. The maximum absolute atomic E-state index is 13.5. The van der Waals surface area contributed by atoms with Crippen LogP contribution in [0.5, 0.6) is 0 Å². The fraction of sp³-hybridized carbons (Fsp3) is 0.500. The van der Waals surface area contributed by atoms with Gasteiger partial charge in [0.15, 0.2) is 0 Å². The molecule has 2 fully saturated rings. The van der Waals surface area contributed by atoms with Crippen molar-refractivity contribution >= 4 is 5.95 Å². The number of aromatic nitrogens is 4. The topological polar surface area (TPSA) is 74.0 Å². The molecule has 0 amide bonds. The van der Waals surface area contributed by atoms with E-state index in [2.05, 4.69) is 17.2 Å². The van der Waals surface area contributed by atoms with Crippen LogP contribution in [0.1, 0.15) is 51.0 Å². The number of benzene rings is 1. The molecule has 0 bridgehead atoms. The summed E-state index contributed by atoms with van der Waals surface area (Å²) in [7, 11) is 0. The number of hydrogen-bond acceptors (Lipinski definition) is 5. The van der Waals surface area contributed by atoms with Crippen LogP contribution < -0.4 is 11.0 Å². The number of anilines is 1. The van der Waals surface area contributed by atoms with E-state index in [0.717, 1.165) is 60.8 Å². The van der Waals surface area contributed by atoms with Crippen LogP contribution in [0.3, 0.4) is 0 Å². The van der Waals surface area contributed by atoms with Crippen molar-refractivity contribution in [1.82, 2.24) is 19.1 Å². The number of nitrogens with one attached hydrogen (secondary N) is 1. The Morgan fingerprint density at radius 3 is 2.76 bits per heavy atom. The molecule has 1 N–H and O–H groups in total. The molecule has 1 aliphatic heterocycles. The Kier molecular flexibility index (Phi) is 6.31. The van der Waals surface area contributed by atoms with Crippen molar-refractivity contribution in [3.63, 3.8) is 0 Å². The zero-order valence-electron chi connectivity index (χ0n) is 19.5. The van der Waals surface area contributed by atoms with Gasteiger partial charge in [-0.1, -0.05) is 19.1 Å². The minimum atomic E-state index is -0.0690. The Bertz CT molecular complexity index is 1150. The van der Waals surface area contributed by atoms with Gasteiger partial charge in [0.2, 0.25) is 5.95 Å². The third-order valence-corrected chi connectivity index (χ3v) is 6.91. The van der Waals surface area contributed by atoms with E-state index in [1.165, 1.54) is 12.8 Å². The lowest BCUT2D eigenvalue weighted by Crippen LogP contribution is -2.28. The van der Waals surface area contributed by atoms with Gasteiger partial charge >= 0.3 is 5.69 Å². The molecule has 1 unspecified atom stereocenters. The second-order valence-electron chi connectivity index (χ2n) is 9.63. The molecule has 1 saturated heterocycles. The highest BCUT2D eigenvalue weighted by Crippen LogP contribution is 2.26. The SMILES string of the molecule is Cc1cccc(-n2c(-c3ccnc(N[C@H]4CC[C@H](C)CC4)n3)cn(CC3CCCO3)c2=O)c1. The third kappa shape index (κ3) is 4.88. The second kappa shape index (κ2) is 9.51. The molecule has 2 aliphatic rings. The summed E-state index contributed by atoms with van der Waals surface area (Å²) in [6.07, 6.45) is 10.6. The van der Waals surface area contributed by atoms with Crippen LogP contribution >= 0.6 is 0 Å². The van der Waals surface area contributed by atoms with Crippen LogP contribution in [0.25, 0.3) is 17.1 Å². The summed E-state index contributed by atoms with van der Waals surface area (Å²) in [5, 5.41) is 3.52. The van der Waals surface area contributed by atoms with Crippen molar-refractivity contribution in [2.24, 2.45) is 5.92 Å². The molecular weight excluding hydrogens is 414 g/mol. The van der Waals surface area contributed by atoms with Crippen molar-refractivity contribution in [3.05, 3.63) is 58.8 Å². The molecule has 1 aliphatic carbocycles. The summed E-state index contributed by atoms with van der Waals surface area (Å²) < 4.78 is 9.33. The van der Waals surface area contributed by atoms with Crippen LogP contribution in [-0.4, -0.2) is 37.9 Å². The zero-order valence-corrected chi connectivity index (χ0v) is 19.5. The third-order valence-electron chi connectivity index (χ3n) is 6.91. The Hall–Kier alpha value is -2.93. The zero-order chi connectivity index (χ0) is 22.8. The molecule has 1 aromatic carbocycles. The quantitative estimate of drug-likeness (QED) is 0.599. The molecule has 3 aromatic rings. The molecule has 3 heterocycles. The van der Waals surface area contributed by atoms with E-state index in [1.54, 1.807) is 15.3 Å². The van der Waals surface area contributed by atoms with Crippen LogP contribution in [0.4, 0.5) is 5.95 Å². The fourth-order valence-electron chi connectivity index (χ4n) is 4.99. The molecule has 7 nitrogen and oxygen atoms in total. The summed E-state index contributed by atoms with van der Waals surface area (Å²) in [5.41, 5.74) is 3.39. The van der Waals surface area contributed by atoms with E-state index >= 15 is 0 Å². The average Bonchev–Trinajstić information content (AvgIpc) is 3.44. The van der Waals surface area contributed by atoms with E-state index in [4.69, 9.17) is 9.72 Å². The Labute approximate surface area is 194 Å². The predicted molar refractivity (Wildman–Crippen MR) is 130 cm³/mol. The Morgan fingerprint density at radius 1 is 1.15 bits per heavy atom. The van der Waals surface area contributed by atoms with Gasteiger partial charge in [0.25, 0.3) is 0 Å². The van der Waals surface area contributed by atoms with Gasteiger partial charge < -0.3 is 10.1 Å². The first-order valence-corrected chi connectivity index (χ1v) is 12.2. The molecule has 0 spiro atoms. The highest BCUT2D eigenvalue weighted by atomic mass is 16.5. The molecule has 5 rings (SSSR count). The molecule has 1 atom stereocenters. The number of aryl methyl sites for hydroxylation is 1. The van der Waals surface area contributed by atoms with Crippen LogP contribution in [-0.2, 0) is 11.3 Å². The Morgan fingerprint density at radius 2 is 2.00 bits per heavy atom. The molecular formula is C26H33N5O2. The lowest BCUT2D eigenvalue weighted by Gasteiger charge is -2.26. The van der Waals surface area contributed by atoms with E-state index < -0.39 is 0 Å². The predicted octanol–water partition coefficient (Wildman–Crippen LogP) is 4.57. The lowest BCUT2D eigenvalue weighted by molar-refractivity contribution is 0.0961. The first-order valence-electron chi connectivity index (χ1n) is 12.2. The summed E-state index contributed by atoms with van der Waals surface area (Å²) >= 11 is 0. The monoisotopic (exact) mass is 447 g/mol. The van der Waals surface area contributed by atoms with E-state index in [-0.39, 0.29) is 11.8 Å². The van der Waals surface area contributed by atoms with Gasteiger partial charge in [-0.15, -0.1) is 0 Å². The smallest absolute Gasteiger partial charge is 0.333 e. The highest BCUT2D eigenvalue weighted by Gasteiger charge is 2.22. The Balaban J connectivity index is 1.50. The van der Waals surface area contributed by atoms with E-state index in [9.17, 15) is 4.79 Å². The minimum Gasteiger partial charge on any atom is -0.376 e. The second-order valence-corrected chi connectivity index (χ2v) is 9.63. The number of nitrogens with zero attached hydrogens (tertiary/aromatic N) is 4. The highest BCUT2D eigenvalue weighted by molar-refractivity contribution is 5.59. The largest absolute Gasteiger partial charge is 0.376 e. The van der Waals surface area contributed by atoms with Crippen molar-refractivity contribution in [3.8, 4) is 17.1 Å². The van der Waals surface area contributed by atoms with Gasteiger partial charge in [0, 0.05) is 25.0 Å². The average molecular weight is 448 g/mol. The maximum atomic E-state index is 13.5. The summed E-state index contributed by atoms with van der Waals surface area (Å²) in [6, 6.07) is 10.3. The molecule has 2 aromatic heterocycles. The molecule has 1 saturated carbocycles. The minimum absolute atomic E-state index is 0.0690. The van der Waals surface area contributed by atoms with Gasteiger partial charge in [-0.25, -0.2) is 14.8 Å². The van der Waals surface area contributed by atoms with Crippen molar-refractivity contribution in [2.45, 2.75) is 71.1 Å². The van der Waals surface area contributed by atoms with Crippen LogP contribution in [0.15, 0.2) is 47.5 Å². The van der Waals surface area contributed by atoms with E-state index in [0.29, 0.717) is 18.5 Å². The van der Waals surface area contributed by atoms with Gasteiger partial charge in [0.1, 0.15) is 0 Å². The van der Waals surface area contributed by atoms with Crippen molar-refractivity contribution < 1.29 is 4.74 Å². The molecule has 33 heavy (non-hydrogen) atoms. The molecule has 0 radical (unpaired) electrons. The van der Waals surface area contributed by atoms with Crippen molar-refractivity contribution in [2.75, 3.05) is 11.9 Å². The summed E-state index contributed by atoms with van der Waals surface area (Å²) in [6.45, 7) is 5.68. The first kappa shape index (κ1) is 21.9. The van der Waals surface area contributed by atoms with Gasteiger partial charge in [0.05, 0.1) is 29.7 Å². The van der Waals surface area contributed by atoms with Crippen LogP contribution in [0.2, 0.25) is 0 Å². The van der Waals surface area contributed by atoms with E-state index in [1.807, 2.05) is 43.5 Å². The number of ether oxygens (including phenoxy) is 1. The fourth-order valence-corrected chi connectivity index (χ4v) is 4.99. The van der Waals surface area contributed by atoms with Crippen LogP contribution in [0, 0.1) is 12.8 Å². The summed E-state index contributed by atoms with van der Waals surface area (Å²) in [5.74, 6) is 1.42. The number of rotatable bonds is 6.